The molecule has 10 heteroatoms. The van der Waals surface area contributed by atoms with Crippen LogP contribution in [0.5, 0.6) is 5.75 Å². The number of carbonyl (C=O) groups is 1. The SMILES string of the molecule is CC(=O)N1CCN(C2CCN(S(C)(=O)=O)CC2)C[C@](O)(COc2cccc(F)c2)C1. The summed E-state index contributed by atoms with van der Waals surface area (Å²) in [6.07, 6.45) is 2.54. The first-order chi connectivity index (χ1) is 14.1. The van der Waals surface area contributed by atoms with Crippen LogP contribution >= 0.6 is 0 Å². The number of nitrogens with zero attached hydrogens (tertiary/aromatic N) is 3. The first-order valence-electron chi connectivity index (χ1n) is 10.1. The normalized spacial score (nSPS) is 25.1. The van der Waals surface area contributed by atoms with Crippen molar-refractivity contribution >= 4 is 15.9 Å². The van der Waals surface area contributed by atoms with Crippen molar-refractivity contribution in [2.45, 2.75) is 31.4 Å². The number of carbonyl (C=O) groups excluding carboxylic acids is 1. The molecule has 2 saturated heterocycles. The van der Waals surface area contributed by atoms with Crippen LogP contribution in [0.4, 0.5) is 4.39 Å². The number of amides is 1. The van der Waals surface area contributed by atoms with Gasteiger partial charge in [0, 0.05) is 51.8 Å². The van der Waals surface area contributed by atoms with Crippen LogP contribution < -0.4 is 4.74 Å². The fourth-order valence-corrected chi connectivity index (χ4v) is 5.05. The number of aliphatic hydroxyl groups is 1. The number of hydrogen-bond acceptors (Lipinski definition) is 6. The molecule has 0 saturated carbocycles. The molecule has 2 aliphatic rings. The molecule has 2 heterocycles. The lowest BCUT2D eigenvalue weighted by atomic mass is 10.00. The average Bonchev–Trinajstić information content (AvgIpc) is 2.86. The minimum Gasteiger partial charge on any atom is -0.490 e. The Morgan fingerprint density at radius 2 is 1.93 bits per heavy atom. The summed E-state index contributed by atoms with van der Waals surface area (Å²) in [4.78, 5) is 15.7. The van der Waals surface area contributed by atoms with Crippen LogP contribution in [0.15, 0.2) is 24.3 Å². The van der Waals surface area contributed by atoms with Gasteiger partial charge in [-0.3, -0.25) is 9.69 Å². The first-order valence-corrected chi connectivity index (χ1v) is 12.0. The number of β-amino-alcohol motifs (C(OH)–C–C–N with tert-alkyl or cyclic N) is 1. The number of rotatable bonds is 5. The summed E-state index contributed by atoms with van der Waals surface area (Å²) in [7, 11) is -3.21. The maximum absolute atomic E-state index is 13.4. The summed E-state index contributed by atoms with van der Waals surface area (Å²) < 4.78 is 44.1. The predicted octanol–water partition coefficient (Wildman–Crippen LogP) is 0.524. The lowest BCUT2D eigenvalue weighted by molar-refractivity contribution is -0.132. The molecule has 2 fully saturated rings. The molecule has 168 valence electrons. The second kappa shape index (κ2) is 9.17. The number of piperidine rings is 1. The van der Waals surface area contributed by atoms with Crippen molar-refractivity contribution in [2.24, 2.45) is 0 Å². The Bertz CT molecular complexity index is 860. The zero-order valence-electron chi connectivity index (χ0n) is 17.5. The van der Waals surface area contributed by atoms with E-state index in [0.717, 1.165) is 0 Å². The molecule has 3 rings (SSSR count). The standard InChI is InChI=1S/C20H30FN3O5S/c1-16(25)22-10-11-23(18-6-8-24(9-7-18)30(2,27)28)14-20(26,13-22)15-29-19-5-3-4-17(21)12-19/h3-5,12,18,26H,6-11,13-15H2,1-2H3/t20-/m0/s1. The Morgan fingerprint density at radius 1 is 1.23 bits per heavy atom. The Kier molecular flexibility index (Phi) is 7.01. The van der Waals surface area contributed by atoms with Crippen LogP contribution in [-0.4, -0.2) is 97.3 Å². The molecular formula is C20H30FN3O5S. The Labute approximate surface area is 177 Å². The molecule has 2 aliphatic heterocycles. The minimum absolute atomic E-state index is 0.0844. The summed E-state index contributed by atoms with van der Waals surface area (Å²) in [6.45, 7) is 3.73. The molecule has 0 spiro atoms. The van der Waals surface area contributed by atoms with Gasteiger partial charge >= 0.3 is 0 Å². The van der Waals surface area contributed by atoms with E-state index in [2.05, 4.69) is 4.90 Å². The molecule has 0 aliphatic carbocycles. The molecule has 0 aromatic heterocycles. The zero-order chi connectivity index (χ0) is 21.9. The highest BCUT2D eigenvalue weighted by Gasteiger charge is 2.40. The molecule has 0 unspecified atom stereocenters. The van der Waals surface area contributed by atoms with Crippen LogP contribution in [0.3, 0.4) is 0 Å². The van der Waals surface area contributed by atoms with Crippen molar-refractivity contribution in [1.82, 2.24) is 14.1 Å². The van der Waals surface area contributed by atoms with Gasteiger partial charge in [-0.25, -0.2) is 17.1 Å². The zero-order valence-corrected chi connectivity index (χ0v) is 18.3. The van der Waals surface area contributed by atoms with Crippen molar-refractivity contribution in [2.75, 3.05) is 52.1 Å². The predicted molar refractivity (Wildman–Crippen MR) is 110 cm³/mol. The van der Waals surface area contributed by atoms with Crippen molar-refractivity contribution < 1.29 is 27.4 Å². The van der Waals surface area contributed by atoms with Crippen molar-refractivity contribution in [3.05, 3.63) is 30.1 Å². The van der Waals surface area contributed by atoms with Crippen LogP contribution in [0.1, 0.15) is 19.8 Å². The average molecular weight is 444 g/mol. The second-order valence-corrected chi connectivity index (χ2v) is 10.3. The van der Waals surface area contributed by atoms with Crippen LogP contribution in [0.25, 0.3) is 0 Å². The van der Waals surface area contributed by atoms with E-state index in [4.69, 9.17) is 4.74 Å². The Balaban J connectivity index is 1.70. The molecule has 1 aromatic carbocycles. The van der Waals surface area contributed by atoms with Gasteiger partial charge < -0.3 is 14.7 Å². The van der Waals surface area contributed by atoms with Gasteiger partial charge in [0.05, 0.1) is 12.8 Å². The highest BCUT2D eigenvalue weighted by atomic mass is 32.2. The summed E-state index contributed by atoms with van der Waals surface area (Å²) in [5.41, 5.74) is -1.33. The highest BCUT2D eigenvalue weighted by molar-refractivity contribution is 7.88. The third-order valence-corrected chi connectivity index (χ3v) is 7.10. The molecule has 0 bridgehead atoms. The Hall–Kier alpha value is -1.75. The van der Waals surface area contributed by atoms with E-state index >= 15 is 0 Å². The highest BCUT2D eigenvalue weighted by Crippen LogP contribution is 2.24. The van der Waals surface area contributed by atoms with Gasteiger partial charge in [0.2, 0.25) is 15.9 Å². The number of sulfonamides is 1. The largest absolute Gasteiger partial charge is 0.490 e. The van der Waals surface area contributed by atoms with Crippen molar-refractivity contribution in [3.63, 3.8) is 0 Å². The van der Waals surface area contributed by atoms with Crippen LogP contribution in [0.2, 0.25) is 0 Å². The maximum atomic E-state index is 13.4. The number of benzene rings is 1. The molecule has 1 atom stereocenters. The smallest absolute Gasteiger partial charge is 0.219 e. The summed E-state index contributed by atoms with van der Waals surface area (Å²) in [5, 5.41) is 11.3. The third-order valence-electron chi connectivity index (χ3n) is 5.80. The fraction of sp³-hybridized carbons (Fsp3) is 0.650. The lowest BCUT2D eigenvalue weighted by Gasteiger charge is -2.39. The summed E-state index contributed by atoms with van der Waals surface area (Å²) in [5.74, 6) is -0.243. The van der Waals surface area contributed by atoms with Gasteiger partial charge in [0.25, 0.3) is 0 Å². The molecular weight excluding hydrogens is 413 g/mol. The second-order valence-electron chi connectivity index (χ2n) is 8.27. The molecule has 8 nitrogen and oxygen atoms in total. The van der Waals surface area contributed by atoms with Gasteiger partial charge in [-0.1, -0.05) is 6.07 Å². The van der Waals surface area contributed by atoms with E-state index in [1.807, 2.05) is 0 Å². The minimum atomic E-state index is -3.21. The number of ether oxygens (including phenoxy) is 1. The monoisotopic (exact) mass is 443 g/mol. The molecule has 1 aromatic rings. The summed E-state index contributed by atoms with van der Waals surface area (Å²) in [6, 6.07) is 5.82. The van der Waals surface area contributed by atoms with E-state index in [9.17, 15) is 22.7 Å². The van der Waals surface area contributed by atoms with Crippen LogP contribution in [0, 0.1) is 5.82 Å². The van der Waals surface area contributed by atoms with Gasteiger partial charge in [-0.15, -0.1) is 0 Å². The maximum Gasteiger partial charge on any atom is 0.219 e. The van der Waals surface area contributed by atoms with E-state index < -0.39 is 21.4 Å². The fourth-order valence-electron chi connectivity index (χ4n) is 4.18. The van der Waals surface area contributed by atoms with Crippen molar-refractivity contribution in [1.29, 1.82) is 0 Å². The molecule has 1 N–H and O–H groups in total. The summed E-state index contributed by atoms with van der Waals surface area (Å²) >= 11 is 0. The van der Waals surface area contributed by atoms with E-state index in [1.54, 1.807) is 11.0 Å². The topological polar surface area (TPSA) is 90.4 Å². The van der Waals surface area contributed by atoms with Gasteiger partial charge in [-0.05, 0) is 25.0 Å². The Morgan fingerprint density at radius 3 is 2.53 bits per heavy atom. The lowest BCUT2D eigenvalue weighted by Crippen LogP contribution is -2.55. The van der Waals surface area contributed by atoms with Gasteiger partial charge in [0.1, 0.15) is 23.8 Å². The van der Waals surface area contributed by atoms with Gasteiger partial charge in [-0.2, -0.15) is 0 Å². The quantitative estimate of drug-likeness (QED) is 0.714. The van der Waals surface area contributed by atoms with Crippen molar-refractivity contribution in [3.8, 4) is 5.75 Å². The molecule has 1 amide bonds. The number of hydrogen-bond donors (Lipinski definition) is 1. The molecule has 30 heavy (non-hydrogen) atoms. The molecule has 0 radical (unpaired) electrons. The number of halogens is 1. The third kappa shape index (κ3) is 5.90. The van der Waals surface area contributed by atoms with Gasteiger partial charge in [0.15, 0.2) is 0 Å². The van der Waals surface area contributed by atoms with E-state index in [1.165, 1.54) is 35.7 Å². The van der Waals surface area contributed by atoms with E-state index in [-0.39, 0.29) is 31.6 Å². The first kappa shape index (κ1) is 22.9. The van der Waals surface area contributed by atoms with Crippen LogP contribution in [-0.2, 0) is 14.8 Å². The van der Waals surface area contributed by atoms with E-state index in [0.29, 0.717) is 44.8 Å².